The van der Waals surface area contributed by atoms with Gasteiger partial charge in [-0.2, -0.15) is 16.8 Å². The summed E-state index contributed by atoms with van der Waals surface area (Å²) < 4.78 is 70.4. The first-order valence-electron chi connectivity index (χ1n) is 13.4. The maximum atomic E-state index is 13.6. The Balaban J connectivity index is 2.00. The fourth-order valence-electron chi connectivity index (χ4n) is 4.35. The van der Waals surface area contributed by atoms with Crippen LogP contribution in [0.1, 0.15) is 24.0 Å². The van der Waals surface area contributed by atoms with Gasteiger partial charge in [-0.05, 0) is 35.4 Å². The van der Waals surface area contributed by atoms with Crippen LogP contribution in [0.15, 0.2) is 48.5 Å². The molecule has 4 amide bonds. The van der Waals surface area contributed by atoms with E-state index in [0.717, 1.165) is 24.3 Å². The lowest BCUT2D eigenvalue weighted by atomic mass is 10.0. The fourth-order valence-corrected chi connectivity index (χ4v) is 5.06. The number of carboxylic acids is 2. The number of nitrogens with one attached hydrogen (secondary N) is 4. The first-order valence-corrected chi connectivity index (χ1v) is 16.2. The summed E-state index contributed by atoms with van der Waals surface area (Å²) in [5, 5.41) is 27.6. The zero-order chi connectivity index (χ0) is 35.8. The Morgan fingerprint density at radius 2 is 0.812 bits per heavy atom. The van der Waals surface area contributed by atoms with Crippen LogP contribution in [0.4, 0.5) is 0 Å². The van der Waals surface area contributed by atoms with Crippen LogP contribution in [0.5, 0.6) is 11.5 Å². The van der Waals surface area contributed by atoms with Gasteiger partial charge in [0.1, 0.15) is 35.7 Å². The van der Waals surface area contributed by atoms with Crippen LogP contribution in [0.3, 0.4) is 0 Å². The van der Waals surface area contributed by atoms with Crippen molar-refractivity contribution in [3.05, 3.63) is 59.7 Å². The van der Waals surface area contributed by atoms with Crippen molar-refractivity contribution in [1.82, 2.24) is 21.3 Å². The lowest BCUT2D eigenvalue weighted by molar-refractivity contribution is -0.144. The summed E-state index contributed by atoms with van der Waals surface area (Å²) in [6.07, 6.45) is -2.70. The maximum absolute atomic E-state index is 13.6. The third-order valence-electron chi connectivity index (χ3n) is 6.42. The van der Waals surface area contributed by atoms with E-state index in [1.807, 2.05) is 0 Å². The molecule has 8 N–H and O–H groups in total. The summed E-state index contributed by atoms with van der Waals surface area (Å²) in [6, 6.07) is 2.73. The molecule has 1 aliphatic heterocycles. The molecule has 1 fully saturated rings. The van der Waals surface area contributed by atoms with Crippen molar-refractivity contribution in [2.24, 2.45) is 0 Å². The van der Waals surface area contributed by atoms with Gasteiger partial charge in [-0.15, -0.1) is 0 Å². The van der Waals surface area contributed by atoms with Crippen molar-refractivity contribution < 1.29 is 73.3 Å². The monoisotopic (exact) mass is 716 g/mol. The predicted octanol–water partition coefficient (Wildman–Crippen LogP) is -2.26. The van der Waals surface area contributed by atoms with Gasteiger partial charge in [-0.3, -0.25) is 37.9 Å². The highest BCUT2D eigenvalue weighted by atomic mass is 32.3. The van der Waals surface area contributed by atoms with E-state index in [1.54, 1.807) is 0 Å². The third kappa shape index (κ3) is 12.1. The summed E-state index contributed by atoms with van der Waals surface area (Å²) in [5.74, 6) is -8.19. The van der Waals surface area contributed by atoms with Crippen molar-refractivity contribution in [1.29, 1.82) is 0 Å². The number of amides is 4. The molecule has 3 rings (SSSR count). The van der Waals surface area contributed by atoms with Crippen LogP contribution in [-0.4, -0.2) is 95.9 Å². The Morgan fingerprint density at radius 3 is 1.08 bits per heavy atom. The first-order chi connectivity index (χ1) is 22.3. The topological polar surface area (TPSA) is 318 Å². The van der Waals surface area contributed by atoms with E-state index in [2.05, 4.69) is 29.6 Å². The molecule has 0 radical (unpaired) electrons. The summed E-state index contributed by atoms with van der Waals surface area (Å²) in [4.78, 5) is 76.2. The van der Waals surface area contributed by atoms with Crippen LogP contribution in [0.2, 0.25) is 0 Å². The highest BCUT2D eigenvalue weighted by Gasteiger charge is 2.36. The van der Waals surface area contributed by atoms with Gasteiger partial charge in [-0.1, -0.05) is 24.3 Å². The van der Waals surface area contributed by atoms with Gasteiger partial charge >= 0.3 is 32.7 Å². The van der Waals surface area contributed by atoms with Crippen molar-refractivity contribution in [3.8, 4) is 11.5 Å². The SMILES string of the molecule is O=C(O)C[C@@H]1NC(=O)[C@H](CC(=O)O)NC(=O)[C@H](Cc2ccc(OS(=O)(=O)O)cc2)NC(=O)[C@H](Cc2ccc(OS(=O)(=O)O)cc2)NC1=O. The summed E-state index contributed by atoms with van der Waals surface area (Å²) in [7, 11) is -9.71. The highest BCUT2D eigenvalue weighted by Crippen LogP contribution is 2.17. The Labute approximate surface area is 271 Å². The highest BCUT2D eigenvalue weighted by molar-refractivity contribution is 7.81. The minimum Gasteiger partial charge on any atom is -0.481 e. The average Bonchev–Trinajstić information content (AvgIpc) is 2.95. The van der Waals surface area contributed by atoms with E-state index in [0.29, 0.717) is 0 Å². The Morgan fingerprint density at radius 1 is 0.542 bits per heavy atom. The zero-order valence-electron chi connectivity index (χ0n) is 24.3. The number of hydrogen-bond acceptors (Lipinski definition) is 12. The molecule has 2 aromatic rings. The number of rotatable bonds is 12. The molecule has 0 spiro atoms. The lowest BCUT2D eigenvalue weighted by Gasteiger charge is -2.28. The maximum Gasteiger partial charge on any atom is 0.446 e. The molecule has 22 heteroatoms. The standard InChI is InChI=1S/C26H28N4O16S2/c31-21(32)11-19-25(37)28-17(9-13-1-5-15(6-2-13)45-47(39,40)41)23(35)27-18(24(36)29-20(12-22(33)34)26(38)30-19)10-14-3-7-16(8-4-14)46-48(42,43)44/h1-8,17-20H,9-12H2,(H,27,35)(H,28,37)(H,29,36)(H,30,38)(H,31,32)(H,33,34)(H,39,40,41)(H,42,43,44)/t17-,18-,19-,20-/m0/s1. The van der Waals surface area contributed by atoms with Crippen molar-refractivity contribution >= 4 is 56.4 Å². The van der Waals surface area contributed by atoms with E-state index >= 15 is 0 Å². The van der Waals surface area contributed by atoms with E-state index in [9.17, 15) is 55.8 Å². The molecule has 48 heavy (non-hydrogen) atoms. The van der Waals surface area contributed by atoms with Gasteiger partial charge in [0.15, 0.2) is 0 Å². The molecule has 2 aromatic carbocycles. The second kappa shape index (κ2) is 15.5. The Kier molecular flexibility index (Phi) is 12.0. The van der Waals surface area contributed by atoms with Gasteiger partial charge in [0.2, 0.25) is 23.6 Å². The zero-order valence-corrected chi connectivity index (χ0v) is 25.9. The summed E-state index contributed by atoms with van der Waals surface area (Å²) in [5.41, 5.74) is 0.530. The largest absolute Gasteiger partial charge is 0.481 e. The summed E-state index contributed by atoms with van der Waals surface area (Å²) >= 11 is 0. The second-order valence-electron chi connectivity index (χ2n) is 10.2. The van der Waals surface area contributed by atoms with E-state index in [-0.39, 0.29) is 35.5 Å². The third-order valence-corrected chi connectivity index (χ3v) is 7.22. The number of aliphatic carboxylic acids is 2. The molecule has 0 aromatic heterocycles. The van der Waals surface area contributed by atoms with E-state index in [1.165, 1.54) is 24.3 Å². The Bertz CT molecular complexity index is 1690. The molecular weight excluding hydrogens is 688 g/mol. The van der Waals surface area contributed by atoms with Gasteiger partial charge in [0.25, 0.3) is 0 Å². The summed E-state index contributed by atoms with van der Waals surface area (Å²) in [6.45, 7) is 0. The van der Waals surface area contributed by atoms with Crippen molar-refractivity contribution in [2.75, 3.05) is 0 Å². The van der Waals surface area contributed by atoms with Crippen molar-refractivity contribution in [3.63, 3.8) is 0 Å². The molecule has 260 valence electrons. The van der Waals surface area contributed by atoms with Crippen LogP contribution in [0.25, 0.3) is 0 Å². The van der Waals surface area contributed by atoms with Gasteiger partial charge in [-0.25, -0.2) is 0 Å². The smallest absolute Gasteiger partial charge is 0.446 e. The molecule has 1 aliphatic rings. The van der Waals surface area contributed by atoms with Gasteiger partial charge < -0.3 is 39.8 Å². The molecule has 0 bridgehead atoms. The van der Waals surface area contributed by atoms with E-state index < -0.39 is 93.4 Å². The Hall–Kier alpha value is -5.32. The minimum absolute atomic E-state index is 0.265. The number of benzene rings is 2. The number of carboxylic acid groups (broad SMARTS) is 2. The first kappa shape index (κ1) is 37.1. The average molecular weight is 717 g/mol. The predicted molar refractivity (Wildman–Crippen MR) is 157 cm³/mol. The van der Waals surface area contributed by atoms with Gasteiger partial charge in [0, 0.05) is 12.8 Å². The van der Waals surface area contributed by atoms with Crippen LogP contribution in [-0.2, 0) is 62.4 Å². The molecule has 0 unspecified atom stereocenters. The molecule has 4 atom stereocenters. The quantitative estimate of drug-likeness (QED) is 0.107. The number of carbonyl (C=O) groups excluding carboxylic acids is 4. The second-order valence-corrected chi connectivity index (χ2v) is 12.2. The molecule has 1 heterocycles. The van der Waals surface area contributed by atoms with Crippen molar-refractivity contribution in [2.45, 2.75) is 49.9 Å². The fraction of sp³-hybridized carbons (Fsp3) is 0.308. The van der Waals surface area contributed by atoms with Crippen LogP contribution >= 0.6 is 0 Å². The normalized spacial score (nSPS) is 20.9. The molecule has 1 saturated heterocycles. The molecule has 0 saturated carbocycles. The van der Waals surface area contributed by atoms with Crippen LogP contribution in [0, 0.1) is 0 Å². The van der Waals surface area contributed by atoms with E-state index in [4.69, 9.17) is 9.11 Å². The molecule has 0 aliphatic carbocycles. The van der Waals surface area contributed by atoms with Gasteiger partial charge in [0.05, 0.1) is 12.8 Å². The molecule has 20 nitrogen and oxygen atoms in total. The molecular formula is C26H28N4O16S2. The van der Waals surface area contributed by atoms with Crippen LogP contribution < -0.4 is 29.6 Å². The minimum atomic E-state index is -4.85. The lowest BCUT2D eigenvalue weighted by Crippen LogP contribution is -2.62. The number of hydrogen-bond donors (Lipinski definition) is 8. The number of carbonyl (C=O) groups is 6.